The van der Waals surface area contributed by atoms with Crippen LogP contribution in [0.3, 0.4) is 0 Å². The molecule has 2 aromatic rings. The number of anilines is 2. The van der Waals surface area contributed by atoms with Crippen molar-refractivity contribution in [1.29, 1.82) is 0 Å². The number of urea groups is 1. The average molecular weight is 382 g/mol. The van der Waals surface area contributed by atoms with E-state index >= 15 is 0 Å². The fourth-order valence-corrected chi connectivity index (χ4v) is 3.70. The van der Waals surface area contributed by atoms with E-state index in [1.807, 2.05) is 37.4 Å². The number of ether oxygens (including phenoxy) is 1. The Kier molecular flexibility index (Phi) is 7.31. The molecule has 1 fully saturated rings. The normalized spacial score (nSPS) is 15.1. The number of likely N-dealkylation sites (N-methyl/N-ethyl adjacent to an activating group) is 1. The van der Waals surface area contributed by atoms with E-state index in [9.17, 15) is 4.79 Å². The second-order valence-corrected chi connectivity index (χ2v) is 7.44. The number of carbonyl (C=O) groups is 1. The standard InChI is InChI=1S/C23H31N3O2/c1-25(22(18-28-2)16-19-10-5-3-6-11-19)23(27)24-20-12-9-13-21(17-20)26-14-7-4-8-15-26/h3,5-6,9-13,17,22H,4,7-8,14-16,18H2,1-2H3,(H,24,27)/t22-/m0/s1. The summed E-state index contributed by atoms with van der Waals surface area (Å²) in [6.45, 7) is 2.67. The van der Waals surface area contributed by atoms with Crippen LogP contribution in [-0.4, -0.2) is 50.8 Å². The van der Waals surface area contributed by atoms with Crippen molar-refractivity contribution in [3.05, 3.63) is 60.2 Å². The molecule has 1 heterocycles. The van der Waals surface area contributed by atoms with Crippen molar-refractivity contribution in [2.45, 2.75) is 31.7 Å². The molecule has 0 unspecified atom stereocenters. The van der Waals surface area contributed by atoms with Gasteiger partial charge < -0.3 is 19.9 Å². The predicted octanol–water partition coefficient (Wildman–Crippen LogP) is 4.40. The molecular formula is C23H31N3O2. The Morgan fingerprint density at radius 3 is 2.57 bits per heavy atom. The largest absolute Gasteiger partial charge is 0.383 e. The third-order valence-corrected chi connectivity index (χ3v) is 5.36. The van der Waals surface area contributed by atoms with Gasteiger partial charge in [0.15, 0.2) is 0 Å². The summed E-state index contributed by atoms with van der Waals surface area (Å²) in [5, 5.41) is 3.05. The molecule has 0 radical (unpaired) electrons. The van der Waals surface area contributed by atoms with Crippen molar-refractivity contribution in [1.82, 2.24) is 4.90 Å². The molecule has 1 atom stereocenters. The van der Waals surface area contributed by atoms with E-state index in [4.69, 9.17) is 4.74 Å². The number of benzene rings is 2. The molecule has 5 nitrogen and oxygen atoms in total. The van der Waals surface area contributed by atoms with Gasteiger partial charge in [0.25, 0.3) is 0 Å². The van der Waals surface area contributed by atoms with Crippen LogP contribution in [-0.2, 0) is 11.2 Å². The summed E-state index contributed by atoms with van der Waals surface area (Å²) < 4.78 is 5.37. The Bertz CT molecular complexity index is 745. The molecule has 1 saturated heterocycles. The Labute approximate surface area is 168 Å². The van der Waals surface area contributed by atoms with Crippen molar-refractivity contribution in [3.63, 3.8) is 0 Å². The molecule has 0 saturated carbocycles. The first-order valence-corrected chi connectivity index (χ1v) is 10.1. The smallest absolute Gasteiger partial charge is 0.321 e. The Balaban J connectivity index is 1.64. The van der Waals surface area contributed by atoms with Crippen molar-refractivity contribution in [3.8, 4) is 0 Å². The molecule has 150 valence electrons. The SMILES string of the molecule is COC[C@H](Cc1ccccc1)N(C)C(=O)Nc1cccc(N2CCCCC2)c1. The van der Waals surface area contributed by atoms with Gasteiger partial charge in [-0.1, -0.05) is 36.4 Å². The Morgan fingerprint density at radius 1 is 1.11 bits per heavy atom. The zero-order chi connectivity index (χ0) is 19.8. The predicted molar refractivity (Wildman–Crippen MR) is 115 cm³/mol. The fraction of sp³-hybridized carbons (Fsp3) is 0.435. The monoisotopic (exact) mass is 381 g/mol. The van der Waals surface area contributed by atoms with E-state index in [-0.39, 0.29) is 12.1 Å². The van der Waals surface area contributed by atoms with Crippen LogP contribution in [0.1, 0.15) is 24.8 Å². The number of methoxy groups -OCH3 is 1. The number of hydrogen-bond acceptors (Lipinski definition) is 3. The van der Waals surface area contributed by atoms with Gasteiger partial charge in [0.2, 0.25) is 0 Å². The maximum Gasteiger partial charge on any atom is 0.321 e. The molecule has 1 aliphatic rings. The highest BCUT2D eigenvalue weighted by molar-refractivity contribution is 5.90. The third-order valence-electron chi connectivity index (χ3n) is 5.36. The van der Waals surface area contributed by atoms with Crippen molar-refractivity contribution >= 4 is 17.4 Å². The second kappa shape index (κ2) is 10.1. The molecule has 0 aromatic heterocycles. The minimum atomic E-state index is -0.117. The molecule has 2 amide bonds. The van der Waals surface area contributed by atoms with Crippen LogP contribution in [0.15, 0.2) is 54.6 Å². The highest BCUT2D eigenvalue weighted by Gasteiger charge is 2.21. The molecule has 3 rings (SSSR count). The van der Waals surface area contributed by atoms with E-state index in [0.29, 0.717) is 6.61 Å². The molecule has 0 spiro atoms. The maximum absolute atomic E-state index is 12.9. The van der Waals surface area contributed by atoms with E-state index in [0.717, 1.165) is 25.2 Å². The fourth-order valence-electron chi connectivity index (χ4n) is 3.70. The molecule has 1 aliphatic heterocycles. The van der Waals surface area contributed by atoms with Gasteiger partial charge in [-0.25, -0.2) is 4.79 Å². The summed E-state index contributed by atoms with van der Waals surface area (Å²) in [7, 11) is 3.50. The van der Waals surface area contributed by atoms with Gasteiger partial charge in [-0.3, -0.25) is 0 Å². The Morgan fingerprint density at radius 2 is 1.86 bits per heavy atom. The minimum absolute atomic E-state index is 0.0299. The second-order valence-electron chi connectivity index (χ2n) is 7.44. The number of carbonyl (C=O) groups excluding carboxylic acids is 1. The van der Waals surface area contributed by atoms with Crippen molar-refractivity contribution in [2.75, 3.05) is 44.1 Å². The first-order chi connectivity index (χ1) is 13.7. The highest BCUT2D eigenvalue weighted by Crippen LogP contribution is 2.23. The molecule has 2 aromatic carbocycles. The van der Waals surface area contributed by atoms with Gasteiger partial charge in [0.1, 0.15) is 0 Å². The van der Waals surface area contributed by atoms with Crippen LogP contribution in [0.4, 0.5) is 16.2 Å². The number of piperidine rings is 1. The first kappa shape index (κ1) is 20.2. The summed E-state index contributed by atoms with van der Waals surface area (Å²) in [6.07, 6.45) is 4.53. The minimum Gasteiger partial charge on any atom is -0.383 e. The lowest BCUT2D eigenvalue weighted by molar-refractivity contribution is 0.120. The van der Waals surface area contributed by atoms with E-state index in [1.54, 1.807) is 12.0 Å². The highest BCUT2D eigenvalue weighted by atomic mass is 16.5. The van der Waals surface area contributed by atoms with Crippen LogP contribution in [0.25, 0.3) is 0 Å². The van der Waals surface area contributed by atoms with Crippen molar-refractivity contribution < 1.29 is 9.53 Å². The van der Waals surface area contributed by atoms with Gasteiger partial charge in [-0.05, 0) is 49.4 Å². The lowest BCUT2D eigenvalue weighted by Gasteiger charge is -2.30. The number of rotatable bonds is 7. The van der Waals surface area contributed by atoms with Crippen LogP contribution in [0, 0.1) is 0 Å². The number of amides is 2. The van der Waals surface area contributed by atoms with Crippen LogP contribution >= 0.6 is 0 Å². The third kappa shape index (κ3) is 5.49. The van der Waals surface area contributed by atoms with Crippen molar-refractivity contribution in [2.24, 2.45) is 0 Å². The quantitative estimate of drug-likeness (QED) is 0.773. The average Bonchev–Trinajstić information content (AvgIpc) is 2.74. The lowest BCUT2D eigenvalue weighted by atomic mass is 10.1. The van der Waals surface area contributed by atoms with Gasteiger partial charge in [-0.2, -0.15) is 0 Å². The Hall–Kier alpha value is -2.53. The molecular weight excluding hydrogens is 350 g/mol. The van der Waals surface area contributed by atoms with Gasteiger partial charge >= 0.3 is 6.03 Å². The van der Waals surface area contributed by atoms with E-state index in [2.05, 4.69) is 34.5 Å². The zero-order valence-electron chi connectivity index (χ0n) is 16.9. The summed E-state index contributed by atoms with van der Waals surface area (Å²) in [5.41, 5.74) is 3.20. The van der Waals surface area contributed by atoms with Crippen LogP contribution < -0.4 is 10.2 Å². The molecule has 28 heavy (non-hydrogen) atoms. The summed E-state index contributed by atoms with van der Waals surface area (Å²) >= 11 is 0. The topological polar surface area (TPSA) is 44.8 Å². The van der Waals surface area contributed by atoms with Gasteiger partial charge in [0.05, 0.1) is 12.6 Å². The van der Waals surface area contributed by atoms with Gasteiger partial charge in [0, 0.05) is 38.6 Å². The van der Waals surface area contributed by atoms with E-state index in [1.165, 1.54) is 30.5 Å². The summed E-state index contributed by atoms with van der Waals surface area (Å²) in [6, 6.07) is 18.2. The summed E-state index contributed by atoms with van der Waals surface area (Å²) in [5.74, 6) is 0. The van der Waals surface area contributed by atoms with Crippen LogP contribution in [0.2, 0.25) is 0 Å². The first-order valence-electron chi connectivity index (χ1n) is 10.1. The maximum atomic E-state index is 12.9. The molecule has 5 heteroatoms. The molecule has 1 N–H and O–H groups in total. The number of nitrogens with one attached hydrogen (secondary N) is 1. The zero-order valence-corrected chi connectivity index (χ0v) is 16.9. The summed E-state index contributed by atoms with van der Waals surface area (Å²) in [4.78, 5) is 17.0. The number of hydrogen-bond donors (Lipinski definition) is 1. The molecule has 0 bridgehead atoms. The van der Waals surface area contributed by atoms with E-state index < -0.39 is 0 Å². The van der Waals surface area contributed by atoms with Gasteiger partial charge in [-0.15, -0.1) is 0 Å². The number of nitrogens with zero attached hydrogens (tertiary/aromatic N) is 2. The molecule has 0 aliphatic carbocycles. The van der Waals surface area contributed by atoms with Crippen LogP contribution in [0.5, 0.6) is 0 Å². The lowest BCUT2D eigenvalue weighted by Crippen LogP contribution is -2.43.